The first kappa shape index (κ1) is 28.2. The van der Waals surface area contributed by atoms with Crippen molar-refractivity contribution in [3.8, 4) is 0 Å². The van der Waals surface area contributed by atoms with Gasteiger partial charge in [-0.3, -0.25) is 4.79 Å². The van der Waals surface area contributed by atoms with Gasteiger partial charge in [-0.05, 0) is 90.5 Å². The maximum absolute atomic E-state index is 11.7. The SMILES string of the molecule is C=C(C)c1ccccc1CC[C@H](c1cccc(C=Cc2ccc3ccc(Cl)cc3n2)c1)C(S)C1(CC(=O)O)CC1. The molecule has 2 atom stereocenters. The van der Waals surface area contributed by atoms with E-state index in [1.165, 1.54) is 16.7 Å². The Kier molecular flexibility index (Phi) is 8.48. The van der Waals surface area contributed by atoms with Crippen molar-refractivity contribution in [2.45, 2.75) is 50.2 Å². The van der Waals surface area contributed by atoms with E-state index in [0.717, 1.165) is 53.4 Å². The number of aromatic nitrogens is 1. The Morgan fingerprint density at radius 1 is 1.07 bits per heavy atom. The lowest BCUT2D eigenvalue weighted by Crippen LogP contribution is -2.27. The van der Waals surface area contributed by atoms with Crippen LogP contribution in [0.25, 0.3) is 28.6 Å². The normalized spacial score (nSPS) is 15.7. The van der Waals surface area contributed by atoms with Crippen molar-refractivity contribution in [1.29, 1.82) is 0 Å². The summed E-state index contributed by atoms with van der Waals surface area (Å²) in [4.78, 5) is 16.5. The molecule has 3 nitrogen and oxygen atoms in total. The lowest BCUT2D eigenvalue weighted by molar-refractivity contribution is -0.138. The quantitative estimate of drug-likeness (QED) is 0.177. The standard InChI is InChI=1S/C35H34ClNO2S/c1-23(2)30-9-4-3-7-25(30)13-17-31(34(40)35(18-19-35)22-33(38)39)27-8-5-6-24(20-27)10-15-29-16-12-26-11-14-28(36)21-32(26)37-29/h3-12,14-16,20-21,31,34,40H,1,13,17-19,22H2,2H3,(H,38,39)/t31-,34?/m1/s1. The second-order valence-corrected chi connectivity index (χ2v) is 12.0. The Balaban J connectivity index is 1.43. The van der Waals surface area contributed by atoms with Crippen LogP contribution >= 0.6 is 24.2 Å². The summed E-state index contributed by atoms with van der Waals surface area (Å²) in [5, 5.41) is 11.3. The van der Waals surface area contributed by atoms with Crippen molar-refractivity contribution in [1.82, 2.24) is 4.98 Å². The molecular formula is C35H34ClNO2S. The third-order valence-corrected chi connectivity index (χ3v) is 9.21. The average Bonchev–Trinajstić information content (AvgIpc) is 3.72. The van der Waals surface area contributed by atoms with Crippen molar-refractivity contribution in [2.24, 2.45) is 5.41 Å². The molecular weight excluding hydrogens is 534 g/mol. The molecule has 0 aliphatic heterocycles. The zero-order chi connectivity index (χ0) is 28.3. The van der Waals surface area contributed by atoms with Gasteiger partial charge in [-0.25, -0.2) is 4.98 Å². The lowest BCUT2D eigenvalue weighted by Gasteiger charge is -2.31. The maximum Gasteiger partial charge on any atom is 0.303 e. The van der Waals surface area contributed by atoms with E-state index in [-0.39, 0.29) is 23.0 Å². The first-order valence-corrected chi connectivity index (χ1v) is 14.6. The minimum Gasteiger partial charge on any atom is -0.481 e. The van der Waals surface area contributed by atoms with Crippen molar-refractivity contribution in [3.63, 3.8) is 0 Å². The van der Waals surface area contributed by atoms with Crippen molar-refractivity contribution >= 4 is 58.8 Å². The van der Waals surface area contributed by atoms with Crippen LogP contribution in [0.3, 0.4) is 0 Å². The molecule has 1 aliphatic carbocycles. The monoisotopic (exact) mass is 567 g/mol. The van der Waals surface area contributed by atoms with E-state index in [1.54, 1.807) is 0 Å². The molecule has 0 amide bonds. The smallest absolute Gasteiger partial charge is 0.303 e. The zero-order valence-electron chi connectivity index (χ0n) is 22.7. The summed E-state index contributed by atoms with van der Waals surface area (Å²) in [6.07, 6.45) is 7.82. The Morgan fingerprint density at radius 3 is 2.60 bits per heavy atom. The largest absolute Gasteiger partial charge is 0.481 e. The van der Waals surface area contributed by atoms with Gasteiger partial charge in [-0.15, -0.1) is 0 Å². The van der Waals surface area contributed by atoms with Gasteiger partial charge in [0.05, 0.1) is 17.6 Å². The number of hydrogen-bond acceptors (Lipinski definition) is 3. The molecule has 1 heterocycles. The molecule has 1 unspecified atom stereocenters. The molecule has 204 valence electrons. The molecule has 1 fully saturated rings. The molecule has 4 aromatic rings. The van der Waals surface area contributed by atoms with Gasteiger partial charge in [0.2, 0.25) is 0 Å². The summed E-state index contributed by atoms with van der Waals surface area (Å²) in [5.41, 5.74) is 7.23. The van der Waals surface area contributed by atoms with E-state index in [1.807, 2.05) is 43.3 Å². The van der Waals surface area contributed by atoms with Crippen molar-refractivity contribution in [2.75, 3.05) is 0 Å². The predicted molar refractivity (Wildman–Crippen MR) is 171 cm³/mol. The molecule has 1 aliphatic rings. The number of halogens is 1. The van der Waals surface area contributed by atoms with Gasteiger partial charge in [0.1, 0.15) is 0 Å². The number of fused-ring (bicyclic) bond motifs is 1. The third kappa shape index (κ3) is 6.51. The van der Waals surface area contributed by atoms with Crippen molar-refractivity contribution in [3.05, 3.63) is 118 Å². The average molecular weight is 568 g/mol. The molecule has 1 aromatic heterocycles. The number of allylic oxidation sites excluding steroid dienone is 1. The highest BCUT2D eigenvalue weighted by Gasteiger charge is 2.51. The highest BCUT2D eigenvalue weighted by molar-refractivity contribution is 7.81. The zero-order valence-corrected chi connectivity index (χ0v) is 24.3. The molecule has 0 spiro atoms. The number of aliphatic carboxylic acids is 1. The Bertz CT molecular complexity index is 1590. The van der Waals surface area contributed by atoms with Crippen LogP contribution in [0.2, 0.25) is 5.02 Å². The second-order valence-electron chi connectivity index (χ2n) is 11.0. The van der Waals surface area contributed by atoms with E-state index in [4.69, 9.17) is 29.2 Å². The van der Waals surface area contributed by atoms with Crippen LogP contribution in [0.15, 0.2) is 85.4 Å². The van der Waals surface area contributed by atoms with Gasteiger partial charge in [-0.1, -0.05) is 90.5 Å². The molecule has 5 rings (SSSR count). The predicted octanol–water partition coefficient (Wildman–Crippen LogP) is 9.36. The highest BCUT2D eigenvalue weighted by atomic mass is 35.5. The number of thiol groups is 1. The molecule has 0 bridgehead atoms. The number of carbonyl (C=O) groups is 1. The maximum atomic E-state index is 11.7. The van der Waals surface area contributed by atoms with Crippen LogP contribution in [0.1, 0.15) is 66.5 Å². The summed E-state index contributed by atoms with van der Waals surface area (Å²) >= 11 is 11.3. The van der Waals surface area contributed by atoms with Crippen LogP contribution in [-0.2, 0) is 11.2 Å². The number of hydrogen-bond donors (Lipinski definition) is 2. The number of carboxylic acids is 1. The fraction of sp³-hybridized carbons (Fsp3) is 0.257. The van der Waals surface area contributed by atoms with Gasteiger partial charge in [0.15, 0.2) is 0 Å². The van der Waals surface area contributed by atoms with E-state index in [2.05, 4.69) is 61.2 Å². The first-order valence-electron chi connectivity index (χ1n) is 13.7. The summed E-state index contributed by atoms with van der Waals surface area (Å²) in [5.74, 6) is -0.638. The fourth-order valence-electron chi connectivity index (χ4n) is 5.71. The molecule has 40 heavy (non-hydrogen) atoms. The molecule has 3 aromatic carbocycles. The second kappa shape index (κ2) is 12.0. The number of rotatable bonds is 11. The van der Waals surface area contributed by atoms with Crippen LogP contribution < -0.4 is 0 Å². The highest BCUT2D eigenvalue weighted by Crippen LogP contribution is 2.58. The molecule has 5 heteroatoms. The summed E-state index contributed by atoms with van der Waals surface area (Å²) in [6.45, 7) is 6.21. The van der Waals surface area contributed by atoms with Gasteiger partial charge in [0, 0.05) is 15.7 Å². The van der Waals surface area contributed by atoms with E-state index < -0.39 is 5.97 Å². The topological polar surface area (TPSA) is 50.2 Å². The molecule has 1 N–H and O–H groups in total. The van der Waals surface area contributed by atoms with Gasteiger partial charge in [-0.2, -0.15) is 12.6 Å². The minimum absolute atomic E-state index is 0.0493. The number of benzene rings is 3. The first-order chi connectivity index (χ1) is 19.2. The van der Waals surface area contributed by atoms with Crippen LogP contribution in [0.5, 0.6) is 0 Å². The number of carboxylic acid groups (broad SMARTS) is 1. The van der Waals surface area contributed by atoms with Crippen LogP contribution in [0.4, 0.5) is 0 Å². The summed E-state index contributed by atoms with van der Waals surface area (Å²) in [7, 11) is 0. The molecule has 0 saturated heterocycles. The Labute approximate surface area is 247 Å². The van der Waals surface area contributed by atoms with Crippen LogP contribution in [0, 0.1) is 5.41 Å². The minimum atomic E-state index is -0.746. The van der Waals surface area contributed by atoms with Gasteiger partial charge in [0.25, 0.3) is 0 Å². The number of nitrogens with zero attached hydrogens (tertiary/aromatic N) is 1. The van der Waals surface area contributed by atoms with E-state index >= 15 is 0 Å². The Morgan fingerprint density at radius 2 is 1.85 bits per heavy atom. The lowest BCUT2D eigenvalue weighted by atomic mass is 9.80. The molecule has 1 saturated carbocycles. The van der Waals surface area contributed by atoms with E-state index in [0.29, 0.717) is 5.02 Å². The van der Waals surface area contributed by atoms with Crippen LogP contribution in [-0.4, -0.2) is 21.3 Å². The molecule has 0 radical (unpaired) electrons. The Hall–Kier alpha value is -3.34. The fourth-order valence-corrected chi connectivity index (χ4v) is 6.55. The number of pyridine rings is 1. The van der Waals surface area contributed by atoms with Crippen molar-refractivity contribution < 1.29 is 9.90 Å². The van der Waals surface area contributed by atoms with Gasteiger partial charge < -0.3 is 5.11 Å². The summed E-state index contributed by atoms with van der Waals surface area (Å²) < 4.78 is 0. The summed E-state index contributed by atoms with van der Waals surface area (Å²) in [6, 6.07) is 26.7. The third-order valence-electron chi connectivity index (χ3n) is 8.07. The number of aryl methyl sites for hydroxylation is 1. The van der Waals surface area contributed by atoms with E-state index in [9.17, 15) is 9.90 Å². The van der Waals surface area contributed by atoms with Gasteiger partial charge >= 0.3 is 5.97 Å².